The molecule has 146 valence electrons. The quantitative estimate of drug-likeness (QED) is 0.716. The first-order valence-electron chi connectivity index (χ1n) is 9.52. The first kappa shape index (κ1) is 18.9. The molecule has 0 bridgehead atoms. The lowest BCUT2D eigenvalue weighted by molar-refractivity contribution is -0.917. The number of sulfonamides is 1. The Morgan fingerprint density at radius 1 is 0.929 bits per heavy atom. The number of piperazine rings is 1. The van der Waals surface area contributed by atoms with Crippen molar-refractivity contribution in [2.24, 2.45) is 0 Å². The maximum absolute atomic E-state index is 13.1. The zero-order valence-electron chi connectivity index (χ0n) is 16.0. The second-order valence-electron chi connectivity index (χ2n) is 7.19. The van der Waals surface area contributed by atoms with Crippen LogP contribution >= 0.6 is 0 Å². The van der Waals surface area contributed by atoms with E-state index in [1.165, 1.54) is 10.5 Å². The first-order chi connectivity index (χ1) is 13.6. The van der Waals surface area contributed by atoms with E-state index >= 15 is 0 Å². The lowest BCUT2D eigenvalue weighted by Gasteiger charge is -2.31. The summed E-state index contributed by atoms with van der Waals surface area (Å²) < 4.78 is 33.1. The fourth-order valence-corrected chi connectivity index (χ4v) is 5.24. The third-order valence-electron chi connectivity index (χ3n) is 5.38. The summed E-state index contributed by atoms with van der Waals surface area (Å²) in [6.45, 7) is 3.54. The molecular formula is C22H25N2O3S+. The lowest BCUT2D eigenvalue weighted by Crippen LogP contribution is -3.13. The molecule has 1 saturated heterocycles. The van der Waals surface area contributed by atoms with Crippen molar-refractivity contribution in [3.05, 3.63) is 72.3 Å². The van der Waals surface area contributed by atoms with Gasteiger partial charge < -0.3 is 9.64 Å². The van der Waals surface area contributed by atoms with Crippen LogP contribution in [0.4, 0.5) is 0 Å². The Morgan fingerprint density at radius 3 is 2.43 bits per heavy atom. The molecule has 1 N–H and O–H groups in total. The van der Waals surface area contributed by atoms with Crippen LogP contribution in [-0.2, 0) is 16.6 Å². The predicted molar refractivity (Wildman–Crippen MR) is 110 cm³/mol. The molecular weight excluding hydrogens is 372 g/mol. The summed E-state index contributed by atoms with van der Waals surface area (Å²) in [4.78, 5) is 1.76. The fraction of sp³-hybridized carbons (Fsp3) is 0.273. The van der Waals surface area contributed by atoms with Gasteiger partial charge in [-0.15, -0.1) is 0 Å². The number of benzene rings is 3. The highest BCUT2D eigenvalue weighted by Gasteiger charge is 2.30. The van der Waals surface area contributed by atoms with Gasteiger partial charge in [0.05, 0.1) is 38.2 Å². The largest absolute Gasteiger partial charge is 0.497 e. The molecule has 1 fully saturated rings. The molecule has 0 saturated carbocycles. The number of nitrogens with one attached hydrogen (secondary N) is 1. The van der Waals surface area contributed by atoms with Crippen LogP contribution in [0.15, 0.2) is 71.6 Å². The van der Waals surface area contributed by atoms with Gasteiger partial charge >= 0.3 is 0 Å². The third kappa shape index (κ3) is 3.90. The molecule has 0 radical (unpaired) electrons. The van der Waals surface area contributed by atoms with Gasteiger partial charge in [0.25, 0.3) is 0 Å². The van der Waals surface area contributed by atoms with E-state index < -0.39 is 10.0 Å². The van der Waals surface area contributed by atoms with Crippen LogP contribution in [0.25, 0.3) is 10.8 Å². The van der Waals surface area contributed by atoms with Gasteiger partial charge in [0.1, 0.15) is 12.3 Å². The van der Waals surface area contributed by atoms with Gasteiger partial charge in [0.2, 0.25) is 10.0 Å². The van der Waals surface area contributed by atoms with Crippen LogP contribution in [0.1, 0.15) is 5.56 Å². The van der Waals surface area contributed by atoms with E-state index in [0.717, 1.165) is 36.2 Å². The van der Waals surface area contributed by atoms with Crippen LogP contribution < -0.4 is 9.64 Å². The molecule has 28 heavy (non-hydrogen) atoms. The number of fused-ring (bicyclic) bond motifs is 1. The number of quaternary nitrogens is 1. The van der Waals surface area contributed by atoms with E-state index in [-0.39, 0.29) is 0 Å². The molecule has 3 aromatic carbocycles. The normalized spacial score (nSPS) is 16.3. The van der Waals surface area contributed by atoms with E-state index in [4.69, 9.17) is 4.74 Å². The Hall–Kier alpha value is -2.41. The summed E-state index contributed by atoms with van der Waals surface area (Å²) in [7, 11) is -1.79. The fourth-order valence-electron chi connectivity index (χ4n) is 3.77. The van der Waals surface area contributed by atoms with Gasteiger partial charge in [-0.1, -0.05) is 42.5 Å². The molecule has 1 heterocycles. The van der Waals surface area contributed by atoms with Gasteiger partial charge in [0, 0.05) is 5.56 Å². The maximum Gasteiger partial charge on any atom is 0.243 e. The second-order valence-corrected chi connectivity index (χ2v) is 9.13. The number of hydrogen-bond donors (Lipinski definition) is 1. The van der Waals surface area contributed by atoms with Gasteiger partial charge in [-0.25, -0.2) is 8.42 Å². The van der Waals surface area contributed by atoms with Crippen LogP contribution in [0.2, 0.25) is 0 Å². The van der Waals surface area contributed by atoms with Crippen LogP contribution in [0.3, 0.4) is 0 Å². The average Bonchev–Trinajstić information content (AvgIpc) is 2.74. The minimum atomic E-state index is -3.46. The molecule has 0 unspecified atom stereocenters. The summed E-state index contributed by atoms with van der Waals surface area (Å²) in [6.07, 6.45) is 0. The maximum atomic E-state index is 13.1. The molecule has 0 aromatic heterocycles. The number of rotatable bonds is 5. The summed E-state index contributed by atoms with van der Waals surface area (Å²) in [5, 5.41) is 2.00. The number of methoxy groups -OCH3 is 1. The number of nitrogens with zero attached hydrogens (tertiary/aromatic N) is 1. The van der Waals surface area contributed by atoms with Crippen molar-refractivity contribution in [3.63, 3.8) is 0 Å². The lowest BCUT2D eigenvalue weighted by atomic mass is 10.1. The SMILES string of the molecule is COc1cccc(C[NH+]2CCN(S(=O)(=O)c3ccc4ccccc4c3)CC2)c1. The van der Waals surface area contributed by atoms with Gasteiger partial charge in [0.15, 0.2) is 0 Å². The molecule has 6 heteroatoms. The van der Waals surface area contributed by atoms with Crippen molar-refractivity contribution >= 4 is 20.8 Å². The Morgan fingerprint density at radius 2 is 1.68 bits per heavy atom. The predicted octanol–water partition coefficient (Wildman–Crippen LogP) is 1.94. The van der Waals surface area contributed by atoms with Crippen molar-refractivity contribution < 1.29 is 18.1 Å². The highest BCUT2D eigenvalue weighted by atomic mass is 32.2. The molecule has 3 aromatic rings. The molecule has 1 aliphatic rings. The van der Waals surface area contributed by atoms with E-state index in [2.05, 4.69) is 6.07 Å². The first-order valence-corrected chi connectivity index (χ1v) is 11.0. The monoisotopic (exact) mass is 397 g/mol. The zero-order valence-corrected chi connectivity index (χ0v) is 16.8. The van der Waals surface area contributed by atoms with E-state index in [0.29, 0.717) is 18.0 Å². The van der Waals surface area contributed by atoms with E-state index in [1.807, 2.05) is 48.5 Å². The Kier molecular flexibility index (Phi) is 5.35. The standard InChI is InChI=1S/C22H24N2O3S/c1-27-21-8-4-5-18(15-21)17-23-11-13-24(14-12-23)28(25,26)22-10-9-19-6-2-3-7-20(19)16-22/h2-10,15-16H,11-14,17H2,1H3/p+1. The van der Waals surface area contributed by atoms with Crippen LogP contribution in [0.5, 0.6) is 5.75 Å². The Bertz CT molecular complexity index is 1070. The Balaban J connectivity index is 1.44. The molecule has 0 spiro atoms. The third-order valence-corrected chi connectivity index (χ3v) is 7.27. The van der Waals surface area contributed by atoms with Gasteiger partial charge in [-0.05, 0) is 35.0 Å². The molecule has 5 nitrogen and oxygen atoms in total. The Labute approximate surface area is 166 Å². The van der Waals surface area contributed by atoms with Crippen LogP contribution in [0, 0.1) is 0 Å². The summed E-state index contributed by atoms with van der Waals surface area (Å²) in [6, 6.07) is 21.3. The average molecular weight is 398 g/mol. The minimum Gasteiger partial charge on any atom is -0.497 e. The zero-order chi connectivity index (χ0) is 19.6. The molecule has 0 amide bonds. The molecule has 1 aliphatic heterocycles. The van der Waals surface area contributed by atoms with Crippen LogP contribution in [-0.4, -0.2) is 46.0 Å². The van der Waals surface area contributed by atoms with Gasteiger partial charge in [-0.2, -0.15) is 4.31 Å². The summed E-state index contributed by atoms with van der Waals surface area (Å²) >= 11 is 0. The molecule has 4 rings (SSSR count). The van der Waals surface area contributed by atoms with E-state index in [1.54, 1.807) is 23.5 Å². The van der Waals surface area contributed by atoms with E-state index in [9.17, 15) is 8.42 Å². The van der Waals surface area contributed by atoms with Crippen molar-refractivity contribution in [3.8, 4) is 5.75 Å². The van der Waals surface area contributed by atoms with Crippen molar-refractivity contribution in [1.29, 1.82) is 0 Å². The van der Waals surface area contributed by atoms with Crippen molar-refractivity contribution in [2.75, 3.05) is 33.3 Å². The smallest absolute Gasteiger partial charge is 0.243 e. The highest BCUT2D eigenvalue weighted by Crippen LogP contribution is 2.22. The minimum absolute atomic E-state index is 0.377. The van der Waals surface area contributed by atoms with Crippen molar-refractivity contribution in [2.45, 2.75) is 11.4 Å². The molecule has 0 aliphatic carbocycles. The van der Waals surface area contributed by atoms with Gasteiger partial charge in [-0.3, -0.25) is 0 Å². The molecule has 0 atom stereocenters. The second kappa shape index (κ2) is 7.91. The summed E-state index contributed by atoms with van der Waals surface area (Å²) in [5.41, 5.74) is 1.21. The number of ether oxygens (including phenoxy) is 1. The number of hydrogen-bond acceptors (Lipinski definition) is 3. The topological polar surface area (TPSA) is 51.1 Å². The van der Waals surface area contributed by atoms with Crippen molar-refractivity contribution in [1.82, 2.24) is 4.31 Å². The highest BCUT2D eigenvalue weighted by molar-refractivity contribution is 7.89. The summed E-state index contributed by atoms with van der Waals surface area (Å²) in [5.74, 6) is 0.856.